The molecule has 0 saturated carbocycles. The fourth-order valence-electron chi connectivity index (χ4n) is 2.68. The summed E-state index contributed by atoms with van der Waals surface area (Å²) in [5.41, 5.74) is -3.74. The van der Waals surface area contributed by atoms with E-state index in [9.17, 15) is 28.2 Å². The summed E-state index contributed by atoms with van der Waals surface area (Å²) in [5.74, 6) is -0.784. The minimum absolute atomic E-state index is 0.0940. The highest BCUT2D eigenvalue weighted by Gasteiger charge is 2.58. The molecule has 1 saturated heterocycles. The summed E-state index contributed by atoms with van der Waals surface area (Å²) in [7, 11) is 0. The van der Waals surface area contributed by atoms with Gasteiger partial charge >= 0.3 is 6.18 Å². The first kappa shape index (κ1) is 17.7. The molecule has 128 valence electrons. The third kappa shape index (κ3) is 3.84. The third-order valence-corrected chi connectivity index (χ3v) is 4.27. The molecule has 23 heavy (non-hydrogen) atoms. The lowest BCUT2D eigenvalue weighted by Gasteiger charge is -2.30. The molecule has 2 N–H and O–H groups in total. The van der Waals surface area contributed by atoms with Gasteiger partial charge in [0, 0.05) is 13.0 Å². The quantitative estimate of drug-likeness (QED) is 0.886. The molecule has 1 fully saturated rings. The minimum Gasteiger partial charge on any atom is -0.380 e. The van der Waals surface area contributed by atoms with Crippen molar-refractivity contribution in [1.29, 1.82) is 0 Å². The van der Waals surface area contributed by atoms with Gasteiger partial charge in [0.2, 0.25) is 0 Å². The molecule has 1 aromatic carbocycles. The van der Waals surface area contributed by atoms with Gasteiger partial charge < -0.3 is 15.1 Å². The lowest BCUT2D eigenvalue weighted by molar-refractivity contribution is -0.253. The van der Waals surface area contributed by atoms with Crippen molar-refractivity contribution in [2.45, 2.75) is 43.6 Å². The molecule has 0 radical (unpaired) electrons. The second-order valence-electron chi connectivity index (χ2n) is 6.27. The number of hydrogen-bond donors (Lipinski definition) is 2. The van der Waals surface area contributed by atoms with Crippen LogP contribution in [0.15, 0.2) is 30.3 Å². The highest BCUT2D eigenvalue weighted by Crippen LogP contribution is 2.38. The Hall–Kier alpha value is -1.60. The zero-order valence-electron chi connectivity index (χ0n) is 12.8. The standard InChI is InChI=1S/C16H20F3NO3/c1-14(22,8-7-12-5-3-2-4-6-12)13(21)20-10-9-15(23,11-20)16(17,18)19/h2-6,22-23H,7-11H2,1H3/t14-,15+/m1/s1. The highest BCUT2D eigenvalue weighted by atomic mass is 19.4. The van der Waals surface area contributed by atoms with Crippen molar-refractivity contribution in [3.8, 4) is 0 Å². The predicted octanol–water partition coefficient (Wildman–Crippen LogP) is 1.90. The molecule has 4 nitrogen and oxygen atoms in total. The molecule has 0 aliphatic carbocycles. The number of nitrogens with zero attached hydrogens (tertiary/aromatic N) is 1. The lowest BCUT2D eigenvalue weighted by atomic mass is 9.95. The maximum atomic E-state index is 12.8. The second-order valence-corrected chi connectivity index (χ2v) is 6.27. The summed E-state index contributed by atoms with van der Waals surface area (Å²) in [5, 5.41) is 19.9. The van der Waals surface area contributed by atoms with Crippen LogP contribution in [0.1, 0.15) is 25.3 Å². The Kier molecular flexibility index (Phi) is 4.73. The van der Waals surface area contributed by atoms with E-state index in [-0.39, 0.29) is 13.0 Å². The van der Waals surface area contributed by atoms with Crippen molar-refractivity contribution in [3.05, 3.63) is 35.9 Å². The lowest BCUT2D eigenvalue weighted by Crippen LogP contribution is -2.51. The van der Waals surface area contributed by atoms with Crippen LogP contribution in [0.3, 0.4) is 0 Å². The summed E-state index contributed by atoms with van der Waals surface area (Å²) in [6.07, 6.45) is -4.84. The number of β-amino-alcohol motifs (C(OH)–C–C–N with tert-alkyl or cyclic N) is 1. The number of hydrogen-bond acceptors (Lipinski definition) is 3. The van der Waals surface area contributed by atoms with E-state index in [1.807, 2.05) is 30.3 Å². The van der Waals surface area contributed by atoms with Crippen LogP contribution < -0.4 is 0 Å². The molecule has 1 aliphatic heterocycles. The molecule has 1 aliphatic rings. The number of halogens is 3. The number of aryl methyl sites for hydroxylation is 1. The SMILES string of the molecule is C[C@@](O)(CCc1ccccc1)C(=O)N1CC[C@@](O)(C(F)(F)F)C1. The van der Waals surface area contributed by atoms with Gasteiger partial charge in [-0.15, -0.1) is 0 Å². The van der Waals surface area contributed by atoms with E-state index in [0.717, 1.165) is 10.5 Å². The average molecular weight is 331 g/mol. The first-order valence-corrected chi connectivity index (χ1v) is 7.40. The number of likely N-dealkylation sites (tertiary alicyclic amines) is 1. The van der Waals surface area contributed by atoms with Crippen LogP contribution >= 0.6 is 0 Å². The van der Waals surface area contributed by atoms with Crippen molar-refractivity contribution in [2.75, 3.05) is 13.1 Å². The number of carbonyl (C=O) groups excluding carboxylic acids is 1. The smallest absolute Gasteiger partial charge is 0.380 e. The second kappa shape index (κ2) is 6.13. The summed E-state index contributed by atoms with van der Waals surface area (Å²) < 4.78 is 38.4. The van der Waals surface area contributed by atoms with E-state index in [1.165, 1.54) is 6.92 Å². The number of carbonyl (C=O) groups is 1. The van der Waals surface area contributed by atoms with E-state index in [1.54, 1.807) is 0 Å². The number of rotatable bonds is 4. The van der Waals surface area contributed by atoms with E-state index in [2.05, 4.69) is 0 Å². The Morgan fingerprint density at radius 2 is 1.91 bits per heavy atom. The van der Waals surface area contributed by atoms with Gasteiger partial charge in [0.05, 0.1) is 6.54 Å². The number of amides is 1. The van der Waals surface area contributed by atoms with Crippen LogP contribution in [0.5, 0.6) is 0 Å². The highest BCUT2D eigenvalue weighted by molar-refractivity contribution is 5.85. The Balaban J connectivity index is 1.99. The van der Waals surface area contributed by atoms with Gasteiger partial charge in [-0.2, -0.15) is 13.2 Å². The Labute approximate surface area is 132 Å². The Bertz CT molecular complexity index is 559. The summed E-state index contributed by atoms with van der Waals surface area (Å²) in [4.78, 5) is 13.2. The summed E-state index contributed by atoms with van der Waals surface area (Å²) >= 11 is 0. The van der Waals surface area contributed by atoms with E-state index >= 15 is 0 Å². The van der Waals surface area contributed by atoms with E-state index < -0.39 is 36.3 Å². The first-order valence-electron chi connectivity index (χ1n) is 7.40. The molecule has 2 rings (SSSR count). The molecule has 0 unspecified atom stereocenters. The van der Waals surface area contributed by atoms with Crippen LogP contribution in [0, 0.1) is 0 Å². The molecule has 0 bridgehead atoms. The largest absolute Gasteiger partial charge is 0.419 e. The number of aliphatic hydroxyl groups is 2. The van der Waals surface area contributed by atoms with Crippen molar-refractivity contribution in [2.24, 2.45) is 0 Å². The number of benzene rings is 1. The molecule has 0 spiro atoms. The van der Waals surface area contributed by atoms with Crippen LogP contribution in [0.2, 0.25) is 0 Å². The summed E-state index contributed by atoms with van der Waals surface area (Å²) in [6, 6.07) is 9.19. The number of alkyl halides is 3. The fourth-order valence-corrected chi connectivity index (χ4v) is 2.68. The molecule has 2 atom stereocenters. The monoisotopic (exact) mass is 331 g/mol. The van der Waals surface area contributed by atoms with Crippen molar-refractivity contribution >= 4 is 5.91 Å². The maximum absolute atomic E-state index is 12.8. The van der Waals surface area contributed by atoms with Crippen molar-refractivity contribution in [3.63, 3.8) is 0 Å². The molecular weight excluding hydrogens is 311 g/mol. The van der Waals surface area contributed by atoms with Crippen LogP contribution in [-0.4, -0.2) is 51.5 Å². The van der Waals surface area contributed by atoms with Gasteiger partial charge in [-0.1, -0.05) is 30.3 Å². The zero-order chi connectivity index (χ0) is 17.3. The van der Waals surface area contributed by atoms with Crippen LogP contribution in [0.25, 0.3) is 0 Å². The first-order chi connectivity index (χ1) is 10.6. The normalized spacial score (nSPS) is 24.5. The average Bonchev–Trinajstić information content (AvgIpc) is 2.89. The van der Waals surface area contributed by atoms with Gasteiger partial charge in [-0.05, 0) is 25.3 Å². The molecular formula is C16H20F3NO3. The molecule has 0 aromatic heterocycles. The van der Waals surface area contributed by atoms with E-state index in [4.69, 9.17) is 0 Å². The van der Waals surface area contributed by atoms with E-state index in [0.29, 0.717) is 6.42 Å². The molecule has 1 amide bonds. The Morgan fingerprint density at radius 1 is 1.30 bits per heavy atom. The van der Waals surface area contributed by atoms with Crippen LogP contribution in [-0.2, 0) is 11.2 Å². The molecule has 7 heteroatoms. The predicted molar refractivity (Wildman–Crippen MR) is 77.6 cm³/mol. The minimum atomic E-state index is -4.79. The topological polar surface area (TPSA) is 60.8 Å². The Morgan fingerprint density at radius 3 is 2.43 bits per heavy atom. The van der Waals surface area contributed by atoms with Gasteiger partial charge in [-0.25, -0.2) is 0 Å². The molecule has 1 heterocycles. The fraction of sp³-hybridized carbons (Fsp3) is 0.562. The van der Waals surface area contributed by atoms with Crippen LogP contribution in [0.4, 0.5) is 13.2 Å². The van der Waals surface area contributed by atoms with Crippen molar-refractivity contribution < 1.29 is 28.2 Å². The molecule has 1 aromatic rings. The maximum Gasteiger partial charge on any atom is 0.419 e. The zero-order valence-corrected chi connectivity index (χ0v) is 12.8. The third-order valence-electron chi connectivity index (χ3n) is 4.27. The van der Waals surface area contributed by atoms with Crippen molar-refractivity contribution in [1.82, 2.24) is 4.90 Å². The van der Waals surface area contributed by atoms with Gasteiger partial charge in [0.25, 0.3) is 5.91 Å². The summed E-state index contributed by atoms with van der Waals surface area (Å²) in [6.45, 7) is 0.233. The van der Waals surface area contributed by atoms with Gasteiger partial charge in [-0.3, -0.25) is 4.79 Å². The van der Waals surface area contributed by atoms with Gasteiger partial charge in [0.1, 0.15) is 5.60 Å². The van der Waals surface area contributed by atoms with Gasteiger partial charge in [0.15, 0.2) is 5.60 Å².